The molecule has 0 aromatic rings. The molecule has 0 aromatic heterocycles. The van der Waals surface area contributed by atoms with Crippen molar-refractivity contribution < 1.29 is 9.90 Å². The van der Waals surface area contributed by atoms with Crippen LogP contribution in [0.15, 0.2) is 16.4 Å². The molecule has 0 bridgehead atoms. The molecular formula is C9H14N2O2. The number of carbonyl (C=O) groups excluding carboxylic acids is 1. The van der Waals surface area contributed by atoms with Crippen LogP contribution in [-0.4, -0.2) is 17.1 Å². The molecule has 4 nitrogen and oxygen atoms in total. The number of nitrogens with zero attached hydrogens (tertiary/aromatic N) is 1. The van der Waals surface area contributed by atoms with Crippen LogP contribution in [0.3, 0.4) is 0 Å². The minimum absolute atomic E-state index is 0.0930. The summed E-state index contributed by atoms with van der Waals surface area (Å²) < 4.78 is 0. The summed E-state index contributed by atoms with van der Waals surface area (Å²) in [4.78, 5) is 11.4. The van der Waals surface area contributed by atoms with Crippen LogP contribution < -0.4 is 5.84 Å². The van der Waals surface area contributed by atoms with Crippen molar-refractivity contribution in [2.24, 2.45) is 16.4 Å². The molecule has 0 radical (unpaired) electrons. The van der Waals surface area contributed by atoms with Gasteiger partial charge in [0.05, 0.1) is 11.8 Å². The summed E-state index contributed by atoms with van der Waals surface area (Å²) >= 11 is 0. The van der Waals surface area contributed by atoms with Gasteiger partial charge in [-0.15, -0.1) is 0 Å². The number of Topliss-reactive ketones (excluding diaryl/α,β-unsaturated/α-hetero) is 1. The third-order valence-electron chi connectivity index (χ3n) is 2.10. The lowest BCUT2D eigenvalue weighted by molar-refractivity contribution is -0.117. The van der Waals surface area contributed by atoms with Crippen LogP contribution in [0.4, 0.5) is 0 Å². The Kier molecular flexibility index (Phi) is 2.40. The van der Waals surface area contributed by atoms with Crippen LogP contribution in [0.5, 0.6) is 0 Å². The fourth-order valence-electron chi connectivity index (χ4n) is 1.52. The van der Waals surface area contributed by atoms with E-state index in [0.717, 1.165) is 0 Å². The van der Waals surface area contributed by atoms with Gasteiger partial charge in [0.15, 0.2) is 5.78 Å². The molecule has 0 amide bonds. The Morgan fingerprint density at radius 1 is 1.54 bits per heavy atom. The van der Waals surface area contributed by atoms with E-state index in [4.69, 9.17) is 5.84 Å². The summed E-state index contributed by atoms with van der Waals surface area (Å²) in [5, 5.41) is 12.8. The molecule has 0 spiro atoms. The predicted molar refractivity (Wildman–Crippen MR) is 50.4 cm³/mol. The number of hydrogen-bond acceptors (Lipinski definition) is 4. The van der Waals surface area contributed by atoms with Gasteiger partial charge in [-0.05, 0) is 5.41 Å². The highest BCUT2D eigenvalue weighted by Crippen LogP contribution is 2.34. The predicted octanol–water partition coefficient (Wildman–Crippen LogP) is 1.13. The molecule has 0 atom stereocenters. The number of hydrogen-bond donors (Lipinski definition) is 2. The Morgan fingerprint density at radius 3 is 2.62 bits per heavy atom. The third kappa shape index (κ3) is 2.08. The number of aliphatic hydroxyl groups is 1. The summed E-state index contributed by atoms with van der Waals surface area (Å²) in [6.07, 6.45) is 2.14. The first-order valence-electron chi connectivity index (χ1n) is 4.15. The van der Waals surface area contributed by atoms with Crippen LogP contribution in [0.2, 0.25) is 0 Å². The molecule has 13 heavy (non-hydrogen) atoms. The SMILES string of the molecule is CC1(C)CC(=O)C(/C=N\N)=C(O)C1. The van der Waals surface area contributed by atoms with Crippen LogP contribution in [0.25, 0.3) is 0 Å². The number of hydrazone groups is 1. The van der Waals surface area contributed by atoms with E-state index >= 15 is 0 Å². The molecule has 0 aromatic carbocycles. The van der Waals surface area contributed by atoms with Crippen molar-refractivity contribution in [2.75, 3.05) is 0 Å². The van der Waals surface area contributed by atoms with Crippen molar-refractivity contribution in [1.82, 2.24) is 0 Å². The molecule has 4 heteroatoms. The molecule has 0 saturated carbocycles. The van der Waals surface area contributed by atoms with Crippen molar-refractivity contribution in [3.63, 3.8) is 0 Å². The number of rotatable bonds is 1. The van der Waals surface area contributed by atoms with E-state index in [1.165, 1.54) is 6.21 Å². The molecule has 0 saturated heterocycles. The van der Waals surface area contributed by atoms with Crippen molar-refractivity contribution >= 4 is 12.0 Å². The first-order valence-corrected chi connectivity index (χ1v) is 4.15. The van der Waals surface area contributed by atoms with Gasteiger partial charge in [0.2, 0.25) is 0 Å². The minimum Gasteiger partial charge on any atom is -0.511 e. The fraction of sp³-hybridized carbons (Fsp3) is 0.556. The molecular weight excluding hydrogens is 168 g/mol. The topological polar surface area (TPSA) is 75.7 Å². The molecule has 0 fully saturated rings. The Labute approximate surface area is 77.1 Å². The average molecular weight is 182 g/mol. The lowest BCUT2D eigenvalue weighted by Gasteiger charge is -2.28. The summed E-state index contributed by atoms with van der Waals surface area (Å²) in [5.74, 6) is 4.92. The zero-order valence-electron chi connectivity index (χ0n) is 7.87. The normalized spacial score (nSPS) is 22.8. The molecule has 1 aliphatic rings. The van der Waals surface area contributed by atoms with Crippen molar-refractivity contribution in [1.29, 1.82) is 0 Å². The second-order valence-corrected chi connectivity index (χ2v) is 4.08. The van der Waals surface area contributed by atoms with Crippen LogP contribution >= 0.6 is 0 Å². The number of carbonyl (C=O) groups is 1. The number of aliphatic hydroxyl groups excluding tert-OH is 1. The summed E-state index contributed by atoms with van der Waals surface area (Å²) in [6.45, 7) is 3.88. The first kappa shape index (κ1) is 9.77. The molecule has 1 aliphatic carbocycles. The number of allylic oxidation sites excluding steroid dienone is 2. The molecule has 0 aliphatic heterocycles. The Bertz CT molecular complexity index is 290. The highest BCUT2D eigenvalue weighted by molar-refractivity contribution is 6.14. The van der Waals surface area contributed by atoms with Gasteiger partial charge >= 0.3 is 0 Å². The van der Waals surface area contributed by atoms with Crippen LogP contribution in [-0.2, 0) is 4.79 Å². The molecule has 1 rings (SSSR count). The lowest BCUT2D eigenvalue weighted by atomic mass is 9.77. The van der Waals surface area contributed by atoms with Gasteiger partial charge in [-0.1, -0.05) is 13.8 Å². The van der Waals surface area contributed by atoms with E-state index in [1.807, 2.05) is 13.8 Å². The van der Waals surface area contributed by atoms with E-state index in [2.05, 4.69) is 5.10 Å². The average Bonchev–Trinajstić information content (AvgIpc) is 1.94. The van der Waals surface area contributed by atoms with Gasteiger partial charge in [0, 0.05) is 12.8 Å². The maximum atomic E-state index is 11.4. The summed E-state index contributed by atoms with van der Waals surface area (Å²) in [5.41, 5.74) is 0.0921. The zero-order chi connectivity index (χ0) is 10.1. The first-order chi connectivity index (χ1) is 5.96. The molecule has 0 heterocycles. The second-order valence-electron chi connectivity index (χ2n) is 4.08. The van der Waals surface area contributed by atoms with Crippen molar-refractivity contribution in [3.05, 3.63) is 11.3 Å². The molecule has 3 N–H and O–H groups in total. The largest absolute Gasteiger partial charge is 0.511 e. The molecule has 72 valence electrons. The quantitative estimate of drug-likeness (QED) is 0.362. The van der Waals surface area contributed by atoms with Gasteiger partial charge < -0.3 is 10.9 Å². The number of nitrogens with two attached hydrogens (primary N) is 1. The van der Waals surface area contributed by atoms with E-state index in [-0.39, 0.29) is 22.5 Å². The van der Waals surface area contributed by atoms with Crippen LogP contribution in [0.1, 0.15) is 26.7 Å². The van der Waals surface area contributed by atoms with E-state index < -0.39 is 0 Å². The van der Waals surface area contributed by atoms with Gasteiger partial charge in [-0.25, -0.2) is 0 Å². The van der Waals surface area contributed by atoms with E-state index in [1.54, 1.807) is 0 Å². The standard InChI is InChI=1S/C9H14N2O2/c1-9(2)3-7(12)6(5-11-10)8(13)4-9/h5,12H,3-4,10H2,1-2H3/b11-5-. The third-order valence-corrected chi connectivity index (χ3v) is 2.10. The number of ketones is 1. The van der Waals surface area contributed by atoms with Gasteiger partial charge in [0.25, 0.3) is 0 Å². The maximum Gasteiger partial charge on any atom is 0.168 e. The fourth-order valence-corrected chi connectivity index (χ4v) is 1.52. The Morgan fingerprint density at radius 2 is 2.15 bits per heavy atom. The van der Waals surface area contributed by atoms with E-state index in [0.29, 0.717) is 12.8 Å². The van der Waals surface area contributed by atoms with Crippen LogP contribution in [0, 0.1) is 5.41 Å². The Hall–Kier alpha value is -1.32. The van der Waals surface area contributed by atoms with Gasteiger partial charge in [-0.3, -0.25) is 4.79 Å². The van der Waals surface area contributed by atoms with Crippen molar-refractivity contribution in [2.45, 2.75) is 26.7 Å². The Balaban J connectivity index is 3.01. The monoisotopic (exact) mass is 182 g/mol. The molecule has 0 unspecified atom stereocenters. The zero-order valence-corrected chi connectivity index (χ0v) is 7.87. The summed E-state index contributed by atoms with van der Waals surface area (Å²) in [6, 6.07) is 0. The minimum atomic E-state index is -0.160. The lowest BCUT2D eigenvalue weighted by Crippen LogP contribution is -2.26. The smallest absolute Gasteiger partial charge is 0.168 e. The highest BCUT2D eigenvalue weighted by Gasteiger charge is 2.32. The van der Waals surface area contributed by atoms with Crippen molar-refractivity contribution in [3.8, 4) is 0 Å². The highest BCUT2D eigenvalue weighted by atomic mass is 16.3. The summed E-state index contributed by atoms with van der Waals surface area (Å²) in [7, 11) is 0. The van der Waals surface area contributed by atoms with Gasteiger partial charge in [0.1, 0.15) is 5.76 Å². The second kappa shape index (κ2) is 3.20. The van der Waals surface area contributed by atoms with E-state index in [9.17, 15) is 9.90 Å². The van der Waals surface area contributed by atoms with Gasteiger partial charge in [-0.2, -0.15) is 5.10 Å². The maximum absolute atomic E-state index is 11.4.